The summed E-state index contributed by atoms with van der Waals surface area (Å²) < 4.78 is 68.7. The van der Waals surface area contributed by atoms with E-state index >= 15 is 0 Å². The molecule has 1 atom stereocenters. The Morgan fingerprint density at radius 2 is 1.78 bits per heavy atom. The number of benzene rings is 1. The van der Waals surface area contributed by atoms with Gasteiger partial charge in [-0.1, -0.05) is 33.8 Å². The van der Waals surface area contributed by atoms with Gasteiger partial charge in [0.15, 0.2) is 0 Å². The van der Waals surface area contributed by atoms with Crippen molar-refractivity contribution < 1.29 is 22.0 Å². The molecule has 0 spiro atoms. The second kappa shape index (κ2) is 11.0. The molecule has 0 radical (unpaired) electrons. The molecule has 1 aliphatic rings. The molecule has 0 amide bonds. The molecule has 1 aliphatic heterocycles. The van der Waals surface area contributed by atoms with Gasteiger partial charge >= 0.3 is 6.18 Å². The van der Waals surface area contributed by atoms with E-state index < -0.39 is 23.7 Å². The molecule has 194 valence electrons. The first-order chi connectivity index (χ1) is 17.1. The fraction of sp³-hybridized carbons (Fsp3) is 0.400. The van der Waals surface area contributed by atoms with E-state index in [9.17, 15) is 22.0 Å². The first kappa shape index (κ1) is 27.1. The topological polar surface area (TPSA) is 69.2 Å². The summed E-state index contributed by atoms with van der Waals surface area (Å²) in [4.78, 5) is 10.4. The second-order valence-electron chi connectivity index (χ2n) is 8.20. The molecule has 36 heavy (non-hydrogen) atoms. The molecule has 0 aliphatic carbocycles. The summed E-state index contributed by atoms with van der Waals surface area (Å²) in [5.74, 6) is -2.87. The average molecular weight is 509 g/mol. The highest BCUT2D eigenvalue weighted by atomic mass is 19.4. The minimum atomic E-state index is -4.34. The van der Waals surface area contributed by atoms with Crippen molar-refractivity contribution in [2.45, 2.75) is 47.2 Å². The number of aliphatic imine (C=N–C) groups is 1. The van der Waals surface area contributed by atoms with E-state index in [1.807, 2.05) is 20.8 Å². The molecule has 0 fully saturated rings. The van der Waals surface area contributed by atoms with Crippen LogP contribution in [0.1, 0.15) is 45.4 Å². The Morgan fingerprint density at radius 1 is 1.11 bits per heavy atom. The van der Waals surface area contributed by atoms with Crippen molar-refractivity contribution in [3.8, 4) is 11.3 Å². The van der Waals surface area contributed by atoms with E-state index in [2.05, 4.69) is 25.5 Å². The molecule has 2 aromatic heterocycles. The van der Waals surface area contributed by atoms with Gasteiger partial charge in [-0.25, -0.2) is 18.8 Å². The third-order valence-electron chi connectivity index (χ3n) is 5.61. The number of aromatic nitrogens is 3. The van der Waals surface area contributed by atoms with Crippen molar-refractivity contribution in [2.75, 3.05) is 23.3 Å². The highest BCUT2D eigenvalue weighted by Crippen LogP contribution is 2.40. The summed E-state index contributed by atoms with van der Waals surface area (Å²) >= 11 is 0. The lowest BCUT2D eigenvalue weighted by atomic mass is 10.1. The fourth-order valence-electron chi connectivity index (χ4n) is 3.77. The number of nitrogens with one attached hydrogen (secondary N) is 2. The normalized spacial score (nSPS) is 13.3. The third kappa shape index (κ3) is 5.50. The van der Waals surface area contributed by atoms with Gasteiger partial charge in [0.25, 0.3) is 0 Å². The lowest BCUT2D eigenvalue weighted by molar-refractivity contribution is -0.166. The first-order valence-corrected chi connectivity index (χ1v) is 11.8. The second-order valence-corrected chi connectivity index (χ2v) is 8.20. The van der Waals surface area contributed by atoms with Crippen LogP contribution >= 0.6 is 0 Å². The maximum Gasteiger partial charge on any atom is 0.393 e. The van der Waals surface area contributed by atoms with Gasteiger partial charge in [0, 0.05) is 18.7 Å². The zero-order chi connectivity index (χ0) is 26.6. The van der Waals surface area contributed by atoms with Crippen molar-refractivity contribution in [2.24, 2.45) is 10.9 Å². The van der Waals surface area contributed by atoms with E-state index in [0.29, 0.717) is 47.1 Å². The van der Waals surface area contributed by atoms with Crippen LogP contribution in [0.5, 0.6) is 0 Å². The van der Waals surface area contributed by atoms with E-state index in [4.69, 9.17) is 0 Å². The SMILES string of the molecule is CC.CCCN(CC(C)C(F)(F)F)c1cc2c(cn1)NC(c1c(F)cccc1F)=Nc1c-2n[nH]c1C. The number of amidine groups is 1. The molecule has 6 nitrogen and oxygen atoms in total. The summed E-state index contributed by atoms with van der Waals surface area (Å²) in [7, 11) is 0. The Labute approximate surface area is 206 Å². The summed E-state index contributed by atoms with van der Waals surface area (Å²) in [6.45, 7) is 8.83. The molecule has 0 saturated carbocycles. The summed E-state index contributed by atoms with van der Waals surface area (Å²) in [6.07, 6.45) is -2.30. The van der Waals surface area contributed by atoms with Gasteiger partial charge in [-0.2, -0.15) is 18.3 Å². The minimum Gasteiger partial charge on any atom is -0.356 e. The van der Waals surface area contributed by atoms with Crippen molar-refractivity contribution in [3.05, 3.63) is 53.4 Å². The fourth-order valence-corrected chi connectivity index (χ4v) is 3.77. The van der Waals surface area contributed by atoms with Crippen LogP contribution in [0.4, 0.5) is 39.1 Å². The Bertz CT molecular complexity index is 1210. The molecule has 1 unspecified atom stereocenters. The van der Waals surface area contributed by atoms with Crippen LogP contribution in [0.3, 0.4) is 0 Å². The van der Waals surface area contributed by atoms with E-state index in [-0.39, 0.29) is 17.9 Å². The average Bonchev–Trinajstić information content (AvgIpc) is 3.10. The quantitative estimate of drug-likeness (QED) is 0.352. The molecule has 3 aromatic rings. The number of halogens is 5. The van der Waals surface area contributed by atoms with Crippen LogP contribution < -0.4 is 10.2 Å². The monoisotopic (exact) mass is 508 g/mol. The number of alkyl halides is 3. The third-order valence-corrected chi connectivity index (χ3v) is 5.61. The van der Waals surface area contributed by atoms with Crippen molar-refractivity contribution in [3.63, 3.8) is 0 Å². The van der Waals surface area contributed by atoms with Crippen LogP contribution in [-0.4, -0.2) is 40.3 Å². The highest BCUT2D eigenvalue weighted by molar-refractivity contribution is 6.13. The maximum absolute atomic E-state index is 14.5. The van der Waals surface area contributed by atoms with Crippen LogP contribution in [0, 0.1) is 24.5 Å². The van der Waals surface area contributed by atoms with E-state index in [1.54, 1.807) is 17.9 Å². The Balaban J connectivity index is 0.00000176. The number of pyridine rings is 1. The van der Waals surface area contributed by atoms with Crippen LogP contribution in [-0.2, 0) is 0 Å². The van der Waals surface area contributed by atoms with Gasteiger partial charge < -0.3 is 10.2 Å². The smallest absolute Gasteiger partial charge is 0.356 e. The molecule has 0 bridgehead atoms. The predicted octanol–water partition coefficient (Wildman–Crippen LogP) is 7.00. The van der Waals surface area contributed by atoms with E-state index in [1.165, 1.54) is 12.3 Å². The van der Waals surface area contributed by atoms with Gasteiger partial charge in [0.2, 0.25) is 0 Å². The largest absolute Gasteiger partial charge is 0.393 e. The molecule has 3 heterocycles. The zero-order valence-electron chi connectivity index (χ0n) is 20.8. The number of H-pyrrole nitrogens is 1. The van der Waals surface area contributed by atoms with Gasteiger partial charge in [0.05, 0.1) is 29.1 Å². The number of fused-ring (bicyclic) bond motifs is 3. The molecule has 11 heteroatoms. The number of aryl methyl sites for hydroxylation is 1. The zero-order valence-corrected chi connectivity index (χ0v) is 20.8. The molecule has 1 aromatic carbocycles. The lowest BCUT2D eigenvalue weighted by Gasteiger charge is -2.28. The van der Waals surface area contributed by atoms with Crippen molar-refractivity contribution in [1.29, 1.82) is 0 Å². The summed E-state index contributed by atoms with van der Waals surface area (Å²) in [5, 5.41) is 10.0. The summed E-state index contributed by atoms with van der Waals surface area (Å²) in [5.41, 5.74) is 1.87. The number of hydrogen-bond acceptors (Lipinski definition) is 5. The molecular weight excluding hydrogens is 479 g/mol. The highest BCUT2D eigenvalue weighted by Gasteiger charge is 2.37. The maximum atomic E-state index is 14.5. The minimum absolute atomic E-state index is 0.0641. The molecular formula is C25H29F5N6. The van der Waals surface area contributed by atoms with Gasteiger partial charge in [-0.3, -0.25) is 5.10 Å². The van der Waals surface area contributed by atoms with Crippen LogP contribution in [0.2, 0.25) is 0 Å². The molecule has 2 N–H and O–H groups in total. The van der Waals surface area contributed by atoms with E-state index in [0.717, 1.165) is 19.1 Å². The Kier molecular flexibility index (Phi) is 8.31. The lowest BCUT2D eigenvalue weighted by Crippen LogP contribution is -2.36. The van der Waals surface area contributed by atoms with Crippen LogP contribution in [0.25, 0.3) is 11.3 Å². The Morgan fingerprint density at radius 3 is 2.39 bits per heavy atom. The molecule has 0 saturated heterocycles. The predicted molar refractivity (Wildman–Crippen MR) is 132 cm³/mol. The summed E-state index contributed by atoms with van der Waals surface area (Å²) in [6, 6.07) is 5.13. The van der Waals surface area contributed by atoms with Crippen molar-refractivity contribution in [1.82, 2.24) is 15.2 Å². The van der Waals surface area contributed by atoms with Crippen LogP contribution in [0.15, 0.2) is 35.5 Å². The standard InChI is InChI=1S/C23H23F5N6.C2H6/c1-4-8-34(11-12(2)23(26,27)28)18-9-14-17(10-29-18)30-22(19-15(24)6-5-7-16(19)25)31-20-13(3)32-33-21(14)20;1-2/h5-7,9-10,12H,4,8,11H2,1-3H3,(H,30,31)(H,32,33);1-2H3. The van der Waals surface area contributed by atoms with Gasteiger partial charge in [-0.05, 0) is 31.5 Å². The number of rotatable bonds is 6. The number of aromatic amines is 1. The van der Waals surface area contributed by atoms with Crippen molar-refractivity contribution >= 4 is 23.0 Å². The first-order valence-electron chi connectivity index (χ1n) is 11.8. The number of hydrogen-bond donors (Lipinski definition) is 2. The molecule has 4 rings (SSSR count). The Hall–Kier alpha value is -3.50. The number of nitrogens with zero attached hydrogens (tertiary/aromatic N) is 4. The number of anilines is 2. The van der Waals surface area contributed by atoms with Gasteiger partial charge in [-0.15, -0.1) is 0 Å². The van der Waals surface area contributed by atoms with Gasteiger partial charge in [0.1, 0.15) is 34.7 Å².